The molecule has 2 aromatic carbocycles. The van der Waals surface area contributed by atoms with Gasteiger partial charge in [-0.3, -0.25) is 0 Å². The van der Waals surface area contributed by atoms with Gasteiger partial charge in [0.1, 0.15) is 23.1 Å². The summed E-state index contributed by atoms with van der Waals surface area (Å²) in [4.78, 5) is 19.6. The number of hydrogen-bond acceptors (Lipinski definition) is 8. The molecule has 214 valence electrons. The Labute approximate surface area is 240 Å². The van der Waals surface area contributed by atoms with Gasteiger partial charge in [-0.05, 0) is 75.3 Å². The van der Waals surface area contributed by atoms with Crippen molar-refractivity contribution in [3.05, 3.63) is 64.9 Å². The molecule has 1 saturated carbocycles. The van der Waals surface area contributed by atoms with E-state index in [0.717, 1.165) is 47.5 Å². The summed E-state index contributed by atoms with van der Waals surface area (Å²) in [5.74, 6) is -0.259. The fourth-order valence-electron chi connectivity index (χ4n) is 6.52. The van der Waals surface area contributed by atoms with E-state index in [1.807, 2.05) is 12.1 Å². The minimum atomic E-state index is -0.660. The largest absolute Gasteiger partial charge is 0.462 e. The molecule has 7 nitrogen and oxygen atoms in total. The summed E-state index contributed by atoms with van der Waals surface area (Å²) in [7, 11) is 0. The number of rotatable bonds is 8. The van der Waals surface area contributed by atoms with Gasteiger partial charge in [0.25, 0.3) is 0 Å². The predicted octanol–water partition coefficient (Wildman–Crippen LogP) is 7.25. The van der Waals surface area contributed by atoms with Crippen LogP contribution in [0.15, 0.2) is 40.9 Å². The molecule has 1 aliphatic carbocycles. The average molecular weight is 580 g/mol. The summed E-state index contributed by atoms with van der Waals surface area (Å²) in [6.07, 6.45) is 4.65. The number of piperidine rings is 1. The number of anilines is 1. The second-order valence-corrected chi connectivity index (χ2v) is 12.4. The smallest absolute Gasteiger partial charge is 0.338 e. The van der Waals surface area contributed by atoms with E-state index in [4.69, 9.17) is 19.0 Å². The molecular formula is C31H31F2N3O4S. The zero-order chi connectivity index (χ0) is 28.2. The highest BCUT2D eigenvalue weighted by Crippen LogP contribution is 2.47. The van der Waals surface area contributed by atoms with Gasteiger partial charge in [0, 0.05) is 23.6 Å². The van der Waals surface area contributed by atoms with E-state index in [2.05, 4.69) is 17.0 Å². The number of esters is 1. The Balaban J connectivity index is 1.10. The number of nitrogens with zero attached hydrogens (tertiary/aromatic N) is 3. The molecular weight excluding hydrogens is 548 g/mol. The molecule has 0 radical (unpaired) electrons. The molecule has 0 amide bonds. The third-order valence-corrected chi connectivity index (χ3v) is 9.66. The Morgan fingerprint density at radius 2 is 1.95 bits per heavy atom. The molecule has 2 aliphatic heterocycles. The van der Waals surface area contributed by atoms with Crippen LogP contribution in [0.3, 0.4) is 0 Å². The van der Waals surface area contributed by atoms with Gasteiger partial charge in [0.2, 0.25) is 0 Å². The molecule has 2 saturated heterocycles. The molecule has 3 fully saturated rings. The summed E-state index contributed by atoms with van der Waals surface area (Å²) in [5.41, 5.74) is 2.10. The lowest BCUT2D eigenvalue weighted by Gasteiger charge is -2.39. The highest BCUT2D eigenvalue weighted by molar-refractivity contribution is 7.22. The van der Waals surface area contributed by atoms with E-state index in [1.165, 1.54) is 18.2 Å². The number of halogens is 2. The SMILES string of the molecule is CCOC(=O)c1ccc2nc(N3C4CC(OCc5c(-c6c(F)cccc6F)noc5C5CC5)CC3[C@H](C)C4)sc2c1. The van der Waals surface area contributed by atoms with E-state index >= 15 is 0 Å². The number of benzene rings is 2. The second-order valence-electron chi connectivity index (χ2n) is 11.4. The molecule has 2 aromatic heterocycles. The Kier molecular flexibility index (Phi) is 6.78. The van der Waals surface area contributed by atoms with Gasteiger partial charge in [-0.25, -0.2) is 18.6 Å². The average Bonchev–Trinajstić information content (AvgIpc) is 3.51. The van der Waals surface area contributed by atoms with Gasteiger partial charge >= 0.3 is 5.97 Å². The Bertz CT molecular complexity index is 1600. The Hall–Kier alpha value is -3.37. The number of thiazole rings is 1. The van der Waals surface area contributed by atoms with Crippen molar-refractivity contribution in [2.75, 3.05) is 11.5 Å². The molecule has 10 heteroatoms. The van der Waals surface area contributed by atoms with Crippen LogP contribution in [0, 0.1) is 17.6 Å². The molecule has 3 unspecified atom stereocenters. The number of aromatic nitrogens is 2. The summed E-state index contributed by atoms with van der Waals surface area (Å²) in [6, 6.07) is 9.87. The molecule has 4 aromatic rings. The van der Waals surface area contributed by atoms with Gasteiger partial charge in [-0.2, -0.15) is 0 Å². The zero-order valence-corrected chi connectivity index (χ0v) is 23.8. The molecule has 2 bridgehead atoms. The van der Waals surface area contributed by atoms with Crippen LogP contribution in [0.2, 0.25) is 0 Å². The highest BCUT2D eigenvalue weighted by atomic mass is 32.1. The summed E-state index contributed by atoms with van der Waals surface area (Å²) >= 11 is 1.60. The van der Waals surface area contributed by atoms with Crippen molar-refractivity contribution in [2.24, 2.45) is 5.92 Å². The molecule has 7 rings (SSSR count). The molecule has 0 N–H and O–H groups in total. The molecule has 0 spiro atoms. The van der Waals surface area contributed by atoms with Crippen molar-refractivity contribution in [1.82, 2.24) is 10.1 Å². The van der Waals surface area contributed by atoms with Crippen LogP contribution >= 0.6 is 11.3 Å². The summed E-state index contributed by atoms with van der Waals surface area (Å²) < 4.78 is 47.6. The zero-order valence-electron chi connectivity index (χ0n) is 22.9. The summed E-state index contributed by atoms with van der Waals surface area (Å²) in [5, 5.41) is 5.07. The van der Waals surface area contributed by atoms with Crippen molar-refractivity contribution in [3.63, 3.8) is 0 Å². The van der Waals surface area contributed by atoms with Crippen molar-refractivity contribution >= 4 is 32.7 Å². The first-order chi connectivity index (χ1) is 19.9. The minimum absolute atomic E-state index is 0.00346. The first-order valence-electron chi connectivity index (χ1n) is 14.3. The monoisotopic (exact) mass is 579 g/mol. The molecule has 4 heterocycles. The standard InChI is InChI=1S/C31H31F2N3O4S/c1-3-38-30(37)18-9-10-24-26(12-18)41-31(34-24)36-19-11-16(2)25(36)14-20(13-19)39-15-21-28(35-40-29(21)17-7-8-17)27-22(32)5-4-6-23(27)33/h4-6,9-10,12,16-17,19-20,25H,3,7-8,11,13-15H2,1-2H3/t16-,19?,20?,25?/m1/s1. The van der Waals surface area contributed by atoms with Gasteiger partial charge in [-0.1, -0.05) is 29.5 Å². The minimum Gasteiger partial charge on any atom is -0.462 e. The van der Waals surface area contributed by atoms with Crippen LogP contribution in [0.25, 0.3) is 21.5 Å². The van der Waals surface area contributed by atoms with E-state index in [0.29, 0.717) is 29.4 Å². The van der Waals surface area contributed by atoms with Crippen LogP contribution in [0.5, 0.6) is 0 Å². The van der Waals surface area contributed by atoms with Crippen LogP contribution in [0.1, 0.15) is 73.6 Å². The van der Waals surface area contributed by atoms with E-state index in [9.17, 15) is 13.6 Å². The fourth-order valence-corrected chi connectivity index (χ4v) is 7.65. The van der Waals surface area contributed by atoms with Crippen molar-refractivity contribution in [2.45, 2.75) is 76.7 Å². The van der Waals surface area contributed by atoms with Crippen LogP contribution in [0.4, 0.5) is 13.9 Å². The molecule has 3 aliphatic rings. The quantitative estimate of drug-likeness (QED) is 0.204. The van der Waals surface area contributed by atoms with Crippen molar-refractivity contribution in [3.8, 4) is 11.3 Å². The number of carbonyl (C=O) groups is 1. The van der Waals surface area contributed by atoms with Gasteiger partial charge < -0.3 is 18.9 Å². The van der Waals surface area contributed by atoms with E-state index in [1.54, 1.807) is 24.3 Å². The molecule has 4 atom stereocenters. The Morgan fingerprint density at radius 1 is 1.15 bits per heavy atom. The van der Waals surface area contributed by atoms with Crippen LogP contribution < -0.4 is 4.90 Å². The maximum Gasteiger partial charge on any atom is 0.338 e. The van der Waals surface area contributed by atoms with Gasteiger partial charge in [-0.15, -0.1) is 0 Å². The Morgan fingerprint density at radius 3 is 2.68 bits per heavy atom. The maximum absolute atomic E-state index is 14.7. The third-order valence-electron chi connectivity index (χ3n) is 8.63. The first kappa shape index (κ1) is 26.5. The number of hydrogen-bond donors (Lipinski definition) is 0. The lowest BCUT2D eigenvalue weighted by atomic mass is 9.97. The number of ether oxygens (including phenoxy) is 2. The molecule has 41 heavy (non-hydrogen) atoms. The van der Waals surface area contributed by atoms with Crippen LogP contribution in [-0.4, -0.2) is 40.9 Å². The van der Waals surface area contributed by atoms with Gasteiger partial charge in [0.15, 0.2) is 5.13 Å². The number of fused-ring (bicyclic) bond motifs is 3. The van der Waals surface area contributed by atoms with E-state index in [-0.39, 0.29) is 47.9 Å². The second kappa shape index (κ2) is 10.5. The third kappa shape index (κ3) is 4.80. The van der Waals surface area contributed by atoms with E-state index < -0.39 is 11.6 Å². The predicted molar refractivity (Wildman–Crippen MR) is 151 cm³/mol. The first-order valence-corrected chi connectivity index (χ1v) is 15.1. The maximum atomic E-state index is 14.7. The topological polar surface area (TPSA) is 77.7 Å². The summed E-state index contributed by atoms with van der Waals surface area (Å²) in [6.45, 7) is 4.61. The van der Waals surface area contributed by atoms with Gasteiger partial charge in [0.05, 0.1) is 40.7 Å². The van der Waals surface area contributed by atoms with Crippen molar-refractivity contribution in [1.29, 1.82) is 0 Å². The van der Waals surface area contributed by atoms with Crippen LogP contribution in [-0.2, 0) is 16.1 Å². The highest BCUT2D eigenvalue weighted by Gasteiger charge is 2.46. The lowest BCUT2D eigenvalue weighted by Crippen LogP contribution is -2.46. The lowest BCUT2D eigenvalue weighted by molar-refractivity contribution is 0.0136. The normalized spacial score (nSPS) is 23.9. The fraction of sp³-hybridized carbons (Fsp3) is 0.452. The van der Waals surface area contributed by atoms with Crippen molar-refractivity contribution < 1.29 is 27.6 Å². The number of carbonyl (C=O) groups excluding carboxylic acids is 1.